The molecule has 10 heteroatoms. The first-order chi connectivity index (χ1) is 15.9. The molecule has 1 unspecified atom stereocenters. The van der Waals surface area contributed by atoms with E-state index in [4.69, 9.17) is 37.4 Å². The van der Waals surface area contributed by atoms with E-state index in [2.05, 4.69) is 15.3 Å². The minimum absolute atomic E-state index is 0.177. The van der Waals surface area contributed by atoms with Crippen LogP contribution in [0.25, 0.3) is 0 Å². The first-order valence-corrected chi connectivity index (χ1v) is 10.9. The number of esters is 1. The number of carbonyl (C=O) groups excluding carboxylic acids is 2. The van der Waals surface area contributed by atoms with E-state index in [1.165, 1.54) is 12.4 Å². The topological polar surface area (TPSA) is 99.6 Å². The average molecular weight is 488 g/mol. The van der Waals surface area contributed by atoms with Crippen molar-refractivity contribution in [2.75, 3.05) is 18.5 Å². The molecule has 33 heavy (non-hydrogen) atoms. The molecule has 170 valence electrons. The number of amides is 1. The number of carbonyl (C=O) groups is 2. The zero-order valence-electron chi connectivity index (χ0n) is 17.5. The monoisotopic (exact) mass is 487 g/mol. The third-order valence-electron chi connectivity index (χ3n) is 4.87. The van der Waals surface area contributed by atoms with Gasteiger partial charge in [-0.3, -0.25) is 14.6 Å². The van der Waals surface area contributed by atoms with Gasteiger partial charge in [-0.05, 0) is 43.7 Å². The molecule has 2 aromatic carbocycles. The van der Waals surface area contributed by atoms with Gasteiger partial charge in [0.2, 0.25) is 0 Å². The normalized spacial score (nSPS) is 14.6. The van der Waals surface area contributed by atoms with Crippen LogP contribution >= 0.6 is 23.2 Å². The van der Waals surface area contributed by atoms with Crippen molar-refractivity contribution in [1.82, 2.24) is 9.97 Å². The van der Waals surface area contributed by atoms with Crippen molar-refractivity contribution in [3.8, 4) is 17.2 Å². The average Bonchev–Trinajstić information content (AvgIpc) is 2.80. The van der Waals surface area contributed by atoms with Crippen molar-refractivity contribution in [1.29, 1.82) is 0 Å². The van der Waals surface area contributed by atoms with Gasteiger partial charge in [0.25, 0.3) is 5.91 Å². The van der Waals surface area contributed by atoms with E-state index in [9.17, 15) is 9.59 Å². The Balaban J connectivity index is 1.48. The second kappa shape index (κ2) is 10.1. The predicted octanol–water partition coefficient (Wildman–Crippen LogP) is 5.26. The number of aromatic nitrogens is 2. The van der Waals surface area contributed by atoms with Crippen LogP contribution in [-0.4, -0.2) is 35.1 Å². The number of benzene rings is 2. The molecule has 0 bridgehead atoms. The van der Waals surface area contributed by atoms with E-state index in [1.807, 2.05) is 0 Å². The quantitative estimate of drug-likeness (QED) is 0.473. The highest BCUT2D eigenvalue weighted by molar-refractivity contribution is 6.32. The molecule has 0 radical (unpaired) electrons. The molecule has 3 aromatic rings. The lowest BCUT2D eigenvalue weighted by Gasteiger charge is -2.25. The number of anilines is 1. The molecule has 1 atom stereocenters. The third kappa shape index (κ3) is 5.35. The molecule has 1 amide bonds. The lowest BCUT2D eigenvalue weighted by atomic mass is 9.93. The van der Waals surface area contributed by atoms with Crippen LogP contribution in [0.2, 0.25) is 10.2 Å². The highest BCUT2D eigenvalue weighted by atomic mass is 35.5. The number of ether oxygens (including phenoxy) is 3. The van der Waals surface area contributed by atoms with Gasteiger partial charge in [0.05, 0.1) is 36.5 Å². The van der Waals surface area contributed by atoms with Crippen molar-refractivity contribution in [2.45, 2.75) is 19.3 Å². The number of hydrogen-bond donors (Lipinski definition) is 1. The lowest BCUT2D eigenvalue weighted by molar-refractivity contribution is -0.145. The summed E-state index contributed by atoms with van der Waals surface area (Å²) in [5.74, 6) is 0.502. The van der Waals surface area contributed by atoms with Crippen LogP contribution in [0, 0.1) is 0 Å². The smallest absolute Gasteiger partial charge is 0.313 e. The fourth-order valence-corrected chi connectivity index (χ4v) is 3.71. The van der Waals surface area contributed by atoms with Crippen LogP contribution in [0.3, 0.4) is 0 Å². The molecular weight excluding hydrogens is 469 g/mol. The molecule has 1 aliphatic heterocycles. The molecule has 1 N–H and O–H groups in total. The zero-order valence-corrected chi connectivity index (χ0v) is 19.0. The Morgan fingerprint density at radius 2 is 1.97 bits per heavy atom. The van der Waals surface area contributed by atoms with Gasteiger partial charge < -0.3 is 19.5 Å². The summed E-state index contributed by atoms with van der Waals surface area (Å²) in [4.78, 5) is 32.5. The summed E-state index contributed by atoms with van der Waals surface area (Å²) in [6.07, 6.45) is 3.29. The standard InChI is InChI=1S/C23H19Cl2N3O5/c1-2-31-23(30)15-7-8-32-18-10-19(17(24)9-16(15)18)33-14-5-3-13(4-6-14)22(29)28-21-12-26-11-20(25)27-21/h3-6,9-12,15H,2,7-8H2,1H3,(H,27,28,29). The fourth-order valence-electron chi connectivity index (χ4n) is 3.35. The minimum atomic E-state index is -0.428. The number of hydrogen-bond acceptors (Lipinski definition) is 7. The Labute approximate surface area is 199 Å². The van der Waals surface area contributed by atoms with Gasteiger partial charge in [-0.15, -0.1) is 0 Å². The van der Waals surface area contributed by atoms with E-state index in [0.717, 1.165) is 0 Å². The highest BCUT2D eigenvalue weighted by Gasteiger charge is 2.30. The van der Waals surface area contributed by atoms with Crippen LogP contribution in [0.1, 0.15) is 35.2 Å². The van der Waals surface area contributed by atoms with Gasteiger partial charge >= 0.3 is 5.97 Å². The van der Waals surface area contributed by atoms with E-state index < -0.39 is 5.92 Å². The molecule has 0 fully saturated rings. The van der Waals surface area contributed by atoms with Crippen LogP contribution in [0.5, 0.6) is 17.2 Å². The maximum atomic E-state index is 12.4. The van der Waals surface area contributed by atoms with Gasteiger partial charge in [0, 0.05) is 17.2 Å². The van der Waals surface area contributed by atoms with Gasteiger partial charge in [0.15, 0.2) is 5.82 Å². The van der Waals surface area contributed by atoms with Gasteiger partial charge in [-0.1, -0.05) is 23.2 Å². The Bertz CT molecular complexity index is 1190. The zero-order chi connectivity index (χ0) is 23.4. The largest absolute Gasteiger partial charge is 0.493 e. The SMILES string of the molecule is CCOC(=O)C1CCOc2cc(Oc3ccc(C(=O)Nc4cncc(Cl)n4)cc3)c(Cl)cc21. The second-order valence-electron chi connectivity index (χ2n) is 7.07. The van der Waals surface area contributed by atoms with Crippen molar-refractivity contribution in [3.63, 3.8) is 0 Å². The summed E-state index contributed by atoms with van der Waals surface area (Å²) < 4.78 is 16.8. The number of nitrogens with one attached hydrogen (secondary N) is 1. The van der Waals surface area contributed by atoms with Gasteiger partial charge in [-0.25, -0.2) is 4.98 Å². The van der Waals surface area contributed by atoms with E-state index in [0.29, 0.717) is 53.0 Å². The first-order valence-electron chi connectivity index (χ1n) is 10.1. The Kier molecular flexibility index (Phi) is 6.96. The van der Waals surface area contributed by atoms with Crippen molar-refractivity contribution in [3.05, 3.63) is 70.1 Å². The number of nitrogens with zero attached hydrogens (tertiary/aromatic N) is 2. The molecule has 0 saturated carbocycles. The minimum Gasteiger partial charge on any atom is -0.493 e. The molecule has 0 saturated heterocycles. The van der Waals surface area contributed by atoms with E-state index in [1.54, 1.807) is 43.3 Å². The molecule has 8 nitrogen and oxygen atoms in total. The molecule has 0 aliphatic carbocycles. The van der Waals surface area contributed by atoms with Crippen LogP contribution in [-0.2, 0) is 9.53 Å². The Hall–Kier alpha value is -3.36. The molecule has 1 aromatic heterocycles. The summed E-state index contributed by atoms with van der Waals surface area (Å²) in [5, 5.41) is 3.13. The predicted molar refractivity (Wildman–Crippen MR) is 122 cm³/mol. The Morgan fingerprint density at radius 1 is 1.18 bits per heavy atom. The van der Waals surface area contributed by atoms with E-state index >= 15 is 0 Å². The summed E-state index contributed by atoms with van der Waals surface area (Å²) in [6.45, 7) is 2.46. The molecule has 1 aliphatic rings. The summed E-state index contributed by atoms with van der Waals surface area (Å²) in [6, 6.07) is 9.79. The highest BCUT2D eigenvalue weighted by Crippen LogP contribution is 2.42. The lowest BCUT2D eigenvalue weighted by Crippen LogP contribution is -2.23. The number of rotatable bonds is 6. The van der Waals surface area contributed by atoms with Gasteiger partial charge in [0.1, 0.15) is 22.4 Å². The summed E-state index contributed by atoms with van der Waals surface area (Å²) in [5.41, 5.74) is 1.06. The first kappa shape index (κ1) is 22.8. The van der Waals surface area contributed by atoms with Crippen molar-refractivity contribution in [2.24, 2.45) is 0 Å². The van der Waals surface area contributed by atoms with Crippen LogP contribution in [0.4, 0.5) is 5.82 Å². The van der Waals surface area contributed by atoms with Crippen LogP contribution < -0.4 is 14.8 Å². The Morgan fingerprint density at radius 3 is 2.70 bits per heavy atom. The fraction of sp³-hybridized carbons (Fsp3) is 0.217. The molecule has 2 heterocycles. The second-order valence-corrected chi connectivity index (χ2v) is 7.86. The van der Waals surface area contributed by atoms with Crippen LogP contribution in [0.15, 0.2) is 48.8 Å². The van der Waals surface area contributed by atoms with Crippen molar-refractivity contribution >= 4 is 40.9 Å². The third-order valence-corrected chi connectivity index (χ3v) is 5.34. The molecule has 4 rings (SSSR count). The maximum absolute atomic E-state index is 12.4. The summed E-state index contributed by atoms with van der Waals surface area (Å²) >= 11 is 12.2. The molecular formula is C23H19Cl2N3O5. The van der Waals surface area contributed by atoms with Crippen molar-refractivity contribution < 1.29 is 23.8 Å². The maximum Gasteiger partial charge on any atom is 0.313 e. The number of fused-ring (bicyclic) bond motifs is 1. The van der Waals surface area contributed by atoms with Gasteiger partial charge in [-0.2, -0.15) is 0 Å². The number of halogens is 2. The molecule has 0 spiro atoms. The van der Waals surface area contributed by atoms with E-state index in [-0.39, 0.29) is 22.8 Å². The summed E-state index contributed by atoms with van der Waals surface area (Å²) in [7, 11) is 0.